The highest BCUT2D eigenvalue weighted by atomic mass is 127. The van der Waals surface area contributed by atoms with Gasteiger partial charge in [-0.2, -0.15) is 0 Å². The summed E-state index contributed by atoms with van der Waals surface area (Å²) in [5.41, 5.74) is 2.33. The Morgan fingerprint density at radius 1 is 1.34 bits per heavy atom. The van der Waals surface area contributed by atoms with Crippen molar-refractivity contribution in [3.05, 3.63) is 40.3 Å². The van der Waals surface area contributed by atoms with Crippen molar-refractivity contribution in [3.63, 3.8) is 0 Å². The number of nitrogens with zero attached hydrogens (tertiary/aromatic N) is 3. The number of ether oxygens (including phenoxy) is 1. The van der Waals surface area contributed by atoms with Crippen molar-refractivity contribution >= 4 is 47.0 Å². The van der Waals surface area contributed by atoms with Crippen LogP contribution in [0.4, 0.5) is 5.69 Å². The lowest BCUT2D eigenvalue weighted by Crippen LogP contribution is -2.38. The second-order valence-electron chi connectivity index (χ2n) is 7.03. The molecule has 1 aliphatic heterocycles. The number of rotatable bonds is 8. The number of anilines is 1. The summed E-state index contributed by atoms with van der Waals surface area (Å²) in [6.07, 6.45) is 2.07. The first-order valence-electron chi connectivity index (χ1n) is 10.0. The fourth-order valence-corrected chi connectivity index (χ4v) is 4.13. The van der Waals surface area contributed by atoms with Gasteiger partial charge >= 0.3 is 0 Å². The summed E-state index contributed by atoms with van der Waals surface area (Å²) in [4.78, 5) is 11.7. The van der Waals surface area contributed by atoms with E-state index in [0.29, 0.717) is 5.92 Å². The molecule has 0 spiro atoms. The molecule has 1 fully saturated rings. The Labute approximate surface area is 195 Å². The molecular weight excluding hydrogens is 497 g/mol. The quantitative estimate of drug-likeness (QED) is 0.310. The normalized spacial score (nSPS) is 16.4. The fraction of sp³-hybridized carbons (Fsp3) is 0.524. The lowest BCUT2D eigenvalue weighted by Gasteiger charge is -2.21. The molecule has 8 heteroatoms. The maximum Gasteiger partial charge on any atom is 0.191 e. The number of methoxy groups -OCH3 is 1. The highest BCUT2D eigenvalue weighted by molar-refractivity contribution is 14.0. The molecule has 1 aliphatic rings. The predicted molar refractivity (Wildman–Crippen MR) is 133 cm³/mol. The van der Waals surface area contributed by atoms with Gasteiger partial charge in [-0.05, 0) is 38.3 Å². The number of halogens is 1. The van der Waals surface area contributed by atoms with Gasteiger partial charge in [-0.15, -0.1) is 35.3 Å². The first-order valence-corrected chi connectivity index (χ1v) is 10.9. The van der Waals surface area contributed by atoms with Gasteiger partial charge in [0.25, 0.3) is 0 Å². The molecule has 0 aliphatic carbocycles. The van der Waals surface area contributed by atoms with Crippen molar-refractivity contribution in [1.29, 1.82) is 0 Å². The Hall–Kier alpha value is -1.55. The van der Waals surface area contributed by atoms with E-state index in [1.807, 2.05) is 19.1 Å². The molecule has 29 heavy (non-hydrogen) atoms. The molecule has 2 aromatic rings. The molecule has 6 nitrogen and oxygen atoms in total. The first kappa shape index (κ1) is 23.7. The van der Waals surface area contributed by atoms with Crippen LogP contribution in [0.5, 0.6) is 5.75 Å². The molecule has 1 saturated heterocycles. The minimum absolute atomic E-state index is 0. The van der Waals surface area contributed by atoms with Crippen molar-refractivity contribution in [1.82, 2.24) is 15.6 Å². The topological polar surface area (TPSA) is 61.8 Å². The number of aliphatic imine (C=N–C) groups is 1. The van der Waals surface area contributed by atoms with E-state index in [4.69, 9.17) is 9.73 Å². The number of benzene rings is 1. The van der Waals surface area contributed by atoms with Crippen molar-refractivity contribution in [2.45, 2.75) is 26.7 Å². The van der Waals surface area contributed by atoms with Gasteiger partial charge < -0.3 is 20.3 Å². The van der Waals surface area contributed by atoms with Crippen molar-refractivity contribution in [2.24, 2.45) is 10.9 Å². The molecule has 1 aromatic heterocycles. The zero-order valence-corrected chi connectivity index (χ0v) is 20.6. The highest BCUT2D eigenvalue weighted by Crippen LogP contribution is 2.31. The maximum absolute atomic E-state index is 5.51. The summed E-state index contributed by atoms with van der Waals surface area (Å²) in [6.45, 7) is 8.74. The number of thiazole rings is 1. The second-order valence-corrected chi connectivity index (χ2v) is 8.09. The van der Waals surface area contributed by atoms with Crippen LogP contribution < -0.4 is 20.3 Å². The number of aromatic nitrogens is 1. The van der Waals surface area contributed by atoms with Crippen LogP contribution in [-0.4, -0.2) is 50.8 Å². The molecule has 1 aromatic carbocycles. The zero-order valence-electron chi connectivity index (χ0n) is 17.5. The van der Waals surface area contributed by atoms with E-state index in [0.717, 1.165) is 68.0 Å². The molecule has 2 N–H and O–H groups in total. The molecule has 160 valence electrons. The third kappa shape index (κ3) is 7.02. The van der Waals surface area contributed by atoms with Gasteiger partial charge in [-0.25, -0.2) is 4.98 Å². The lowest BCUT2D eigenvalue weighted by molar-refractivity contribution is 0.414. The molecule has 1 unspecified atom stereocenters. The molecule has 3 rings (SSSR count). The van der Waals surface area contributed by atoms with E-state index in [-0.39, 0.29) is 24.0 Å². The van der Waals surface area contributed by atoms with Crippen molar-refractivity contribution in [2.75, 3.05) is 44.7 Å². The van der Waals surface area contributed by atoms with Gasteiger partial charge in [-0.3, -0.25) is 4.99 Å². The van der Waals surface area contributed by atoms with Gasteiger partial charge in [0.05, 0.1) is 23.5 Å². The number of aryl methyl sites for hydroxylation is 1. The first-order chi connectivity index (χ1) is 13.7. The monoisotopic (exact) mass is 529 g/mol. The van der Waals surface area contributed by atoms with Crippen molar-refractivity contribution < 1.29 is 4.74 Å². The van der Waals surface area contributed by atoms with Crippen LogP contribution in [0, 0.1) is 12.8 Å². The smallest absolute Gasteiger partial charge is 0.191 e. The molecule has 0 saturated carbocycles. The summed E-state index contributed by atoms with van der Waals surface area (Å²) in [7, 11) is 1.73. The standard InChI is InChI=1S/C21H31N5OS.HI/c1-4-22-21(23-11-9-18-15-28-16(2)25-18)24-13-17-10-12-26(14-17)19-7-5-6-8-20(19)27-3;/h5-8,15,17H,4,9-14H2,1-3H3,(H2,22,23,24);1H. The van der Waals surface area contributed by atoms with E-state index >= 15 is 0 Å². The highest BCUT2D eigenvalue weighted by Gasteiger charge is 2.24. The molecule has 2 heterocycles. The zero-order chi connectivity index (χ0) is 19.8. The number of para-hydroxylation sites is 2. The van der Waals surface area contributed by atoms with Gasteiger partial charge in [0.15, 0.2) is 5.96 Å². The molecular formula is C21H32IN5OS. The summed E-state index contributed by atoms with van der Waals surface area (Å²) < 4.78 is 5.51. The molecule has 0 radical (unpaired) electrons. The summed E-state index contributed by atoms with van der Waals surface area (Å²) >= 11 is 1.70. The maximum atomic E-state index is 5.51. The lowest BCUT2D eigenvalue weighted by atomic mass is 10.1. The second kappa shape index (κ2) is 12.2. The molecule has 0 amide bonds. The summed E-state index contributed by atoms with van der Waals surface area (Å²) in [6, 6.07) is 8.25. The van der Waals surface area contributed by atoms with Crippen LogP contribution in [0.3, 0.4) is 0 Å². The van der Waals surface area contributed by atoms with Gasteiger partial charge in [0, 0.05) is 44.5 Å². The average molecular weight is 529 g/mol. The number of hydrogen-bond donors (Lipinski definition) is 2. The van der Waals surface area contributed by atoms with E-state index in [1.54, 1.807) is 18.4 Å². The van der Waals surface area contributed by atoms with Crippen LogP contribution in [0.2, 0.25) is 0 Å². The minimum atomic E-state index is 0. The Kier molecular flexibility index (Phi) is 9.99. The van der Waals surface area contributed by atoms with Gasteiger partial charge in [-0.1, -0.05) is 12.1 Å². The van der Waals surface area contributed by atoms with E-state index in [9.17, 15) is 0 Å². The number of guanidine groups is 1. The Bertz CT molecular complexity index is 782. The average Bonchev–Trinajstić information content (AvgIpc) is 3.35. The predicted octanol–water partition coefficient (Wildman–Crippen LogP) is 3.70. The van der Waals surface area contributed by atoms with E-state index in [2.05, 4.69) is 45.0 Å². The van der Waals surface area contributed by atoms with Crippen molar-refractivity contribution in [3.8, 4) is 5.75 Å². The molecule has 0 bridgehead atoms. The number of hydrogen-bond acceptors (Lipinski definition) is 5. The Balaban J connectivity index is 0.00000300. The molecule has 1 atom stereocenters. The third-order valence-electron chi connectivity index (χ3n) is 4.90. The number of nitrogens with one attached hydrogen (secondary N) is 2. The van der Waals surface area contributed by atoms with E-state index in [1.165, 1.54) is 5.69 Å². The van der Waals surface area contributed by atoms with Crippen LogP contribution in [0.1, 0.15) is 24.0 Å². The Morgan fingerprint density at radius 3 is 2.90 bits per heavy atom. The summed E-state index contributed by atoms with van der Waals surface area (Å²) in [5.74, 6) is 2.39. The SMILES string of the molecule is CCNC(=NCC1CCN(c2ccccc2OC)C1)NCCc1csc(C)n1.I. The third-order valence-corrected chi connectivity index (χ3v) is 5.73. The van der Waals surface area contributed by atoms with E-state index < -0.39 is 0 Å². The van der Waals surface area contributed by atoms with Gasteiger partial charge in [0.2, 0.25) is 0 Å². The van der Waals surface area contributed by atoms with Crippen LogP contribution in [0.15, 0.2) is 34.6 Å². The summed E-state index contributed by atoms with van der Waals surface area (Å²) in [5, 5.41) is 10.0. The largest absolute Gasteiger partial charge is 0.495 e. The van der Waals surface area contributed by atoms with Crippen LogP contribution >= 0.6 is 35.3 Å². The fourth-order valence-electron chi connectivity index (χ4n) is 3.49. The Morgan fingerprint density at radius 2 is 2.17 bits per heavy atom. The minimum Gasteiger partial charge on any atom is -0.495 e. The van der Waals surface area contributed by atoms with Crippen LogP contribution in [-0.2, 0) is 6.42 Å². The van der Waals surface area contributed by atoms with Gasteiger partial charge in [0.1, 0.15) is 5.75 Å². The van der Waals surface area contributed by atoms with Crippen LogP contribution in [0.25, 0.3) is 0 Å².